The van der Waals surface area contributed by atoms with Gasteiger partial charge in [0.15, 0.2) is 0 Å². The van der Waals surface area contributed by atoms with E-state index in [1.54, 1.807) is 11.4 Å². The molecule has 2 aromatic rings. The number of ether oxygens (including phenoxy) is 1. The van der Waals surface area contributed by atoms with E-state index in [1.807, 2.05) is 0 Å². The number of nitrogens with two attached hydrogens (primary N) is 1. The van der Waals surface area contributed by atoms with Crippen molar-refractivity contribution >= 4 is 29.1 Å². The van der Waals surface area contributed by atoms with Gasteiger partial charge in [0.2, 0.25) is 0 Å². The van der Waals surface area contributed by atoms with E-state index in [2.05, 4.69) is 9.72 Å². The number of rotatable bonds is 3. The molecule has 0 spiro atoms. The molecule has 0 radical (unpaired) electrons. The van der Waals surface area contributed by atoms with E-state index >= 15 is 0 Å². The summed E-state index contributed by atoms with van der Waals surface area (Å²) in [5, 5.41) is 10.7. The number of thiophene rings is 1. The lowest BCUT2D eigenvalue weighted by Gasteiger charge is -2.02. The predicted molar refractivity (Wildman–Crippen MR) is 70.3 cm³/mol. The molecule has 0 atom stereocenters. The lowest BCUT2D eigenvalue weighted by atomic mass is 10.1. The molecule has 19 heavy (non-hydrogen) atoms. The molecule has 0 saturated carbocycles. The monoisotopic (exact) mass is 278 g/mol. The summed E-state index contributed by atoms with van der Waals surface area (Å²) >= 11 is 1.21. The summed E-state index contributed by atoms with van der Waals surface area (Å²) in [5.74, 6) is -1.62. The lowest BCUT2D eigenvalue weighted by molar-refractivity contribution is 0.0605. The molecule has 3 N–H and O–H groups in total. The number of carboxylic acids is 1. The highest BCUT2D eigenvalue weighted by molar-refractivity contribution is 7.12. The van der Waals surface area contributed by atoms with Crippen LogP contribution in [-0.2, 0) is 4.74 Å². The number of nitrogen functional groups attached to an aromatic ring is 1. The number of aromatic carboxylic acids is 1. The highest BCUT2D eigenvalue weighted by Gasteiger charge is 2.14. The summed E-state index contributed by atoms with van der Waals surface area (Å²) in [7, 11) is 1.30. The standard InChI is InChI=1S/C12H10N2O4S/c1-18-12(17)9-3-7(5-19-9)6-2-8(11(15)16)10(13)14-4-6/h2-5H,1H3,(H2,13,14)(H,15,16). The Hall–Kier alpha value is -2.41. The minimum absolute atomic E-state index is 0.0420. The second kappa shape index (κ2) is 5.07. The number of hydrogen-bond acceptors (Lipinski definition) is 6. The Morgan fingerprint density at radius 2 is 2.11 bits per heavy atom. The molecular formula is C12H10N2O4S. The van der Waals surface area contributed by atoms with E-state index in [9.17, 15) is 9.59 Å². The number of pyridine rings is 1. The second-order valence-electron chi connectivity index (χ2n) is 3.65. The molecule has 0 bridgehead atoms. The summed E-state index contributed by atoms with van der Waals surface area (Å²) in [6.45, 7) is 0. The number of aromatic nitrogens is 1. The molecule has 0 aliphatic rings. The number of carboxylic acid groups (broad SMARTS) is 1. The Labute approximate surface area is 112 Å². The van der Waals surface area contributed by atoms with Crippen molar-refractivity contribution in [2.45, 2.75) is 0 Å². The van der Waals surface area contributed by atoms with Gasteiger partial charge in [0.1, 0.15) is 16.3 Å². The number of carbonyl (C=O) groups is 2. The van der Waals surface area contributed by atoms with E-state index in [0.717, 1.165) is 0 Å². The van der Waals surface area contributed by atoms with Gasteiger partial charge in [-0.1, -0.05) is 0 Å². The number of esters is 1. The van der Waals surface area contributed by atoms with Crippen LogP contribution >= 0.6 is 11.3 Å². The summed E-state index contributed by atoms with van der Waals surface area (Å²) in [6, 6.07) is 3.04. The van der Waals surface area contributed by atoms with Crippen LogP contribution in [-0.4, -0.2) is 29.1 Å². The Balaban J connectivity index is 2.42. The minimum Gasteiger partial charge on any atom is -0.478 e. The van der Waals surface area contributed by atoms with Gasteiger partial charge in [-0.15, -0.1) is 11.3 Å². The quantitative estimate of drug-likeness (QED) is 0.831. The van der Waals surface area contributed by atoms with Crippen molar-refractivity contribution in [3.63, 3.8) is 0 Å². The van der Waals surface area contributed by atoms with Crippen LogP contribution in [0.15, 0.2) is 23.7 Å². The zero-order valence-electron chi connectivity index (χ0n) is 9.91. The fourth-order valence-electron chi connectivity index (χ4n) is 1.50. The molecule has 0 aromatic carbocycles. The second-order valence-corrected chi connectivity index (χ2v) is 4.56. The molecule has 0 aliphatic carbocycles. The van der Waals surface area contributed by atoms with Gasteiger partial charge < -0.3 is 15.6 Å². The number of carbonyl (C=O) groups excluding carboxylic acids is 1. The fourth-order valence-corrected chi connectivity index (χ4v) is 2.33. The largest absolute Gasteiger partial charge is 0.478 e. The number of methoxy groups -OCH3 is 1. The van der Waals surface area contributed by atoms with Gasteiger partial charge >= 0.3 is 11.9 Å². The lowest BCUT2D eigenvalue weighted by Crippen LogP contribution is -2.04. The first kappa shape index (κ1) is 13.0. The minimum atomic E-state index is -1.14. The van der Waals surface area contributed by atoms with E-state index in [4.69, 9.17) is 10.8 Å². The van der Waals surface area contributed by atoms with Gasteiger partial charge in [-0.25, -0.2) is 14.6 Å². The molecule has 0 aliphatic heterocycles. The molecule has 0 amide bonds. The highest BCUT2D eigenvalue weighted by atomic mass is 32.1. The Morgan fingerprint density at radius 3 is 2.74 bits per heavy atom. The Bertz CT molecular complexity index is 651. The molecule has 2 rings (SSSR count). The smallest absolute Gasteiger partial charge is 0.348 e. The third-order valence-corrected chi connectivity index (χ3v) is 3.38. The molecular weight excluding hydrogens is 268 g/mol. The van der Waals surface area contributed by atoms with Crippen molar-refractivity contribution in [2.75, 3.05) is 12.8 Å². The first-order valence-corrected chi connectivity index (χ1v) is 6.07. The molecule has 7 heteroatoms. The van der Waals surface area contributed by atoms with E-state index < -0.39 is 11.9 Å². The van der Waals surface area contributed by atoms with Crippen LogP contribution in [0.25, 0.3) is 11.1 Å². The molecule has 0 fully saturated rings. The van der Waals surface area contributed by atoms with Crippen LogP contribution in [0, 0.1) is 0 Å². The van der Waals surface area contributed by atoms with Gasteiger partial charge in [0.25, 0.3) is 0 Å². The topological polar surface area (TPSA) is 103 Å². The van der Waals surface area contributed by atoms with Crippen LogP contribution in [0.3, 0.4) is 0 Å². The summed E-state index contributed by atoms with van der Waals surface area (Å²) in [4.78, 5) is 26.6. The van der Waals surface area contributed by atoms with Gasteiger partial charge in [0, 0.05) is 11.8 Å². The Morgan fingerprint density at radius 1 is 1.37 bits per heavy atom. The number of anilines is 1. The first-order valence-electron chi connectivity index (χ1n) is 5.19. The average Bonchev–Trinajstić information content (AvgIpc) is 2.87. The van der Waals surface area contributed by atoms with Crippen molar-refractivity contribution in [1.29, 1.82) is 0 Å². The normalized spacial score (nSPS) is 10.2. The van der Waals surface area contributed by atoms with Gasteiger partial charge in [-0.2, -0.15) is 0 Å². The third-order valence-electron chi connectivity index (χ3n) is 2.47. The van der Waals surface area contributed by atoms with Crippen molar-refractivity contribution in [3.05, 3.63) is 34.2 Å². The van der Waals surface area contributed by atoms with Crippen molar-refractivity contribution < 1.29 is 19.4 Å². The average molecular weight is 278 g/mol. The predicted octanol–water partition coefficient (Wildman–Crippen LogP) is 1.88. The van der Waals surface area contributed by atoms with Crippen molar-refractivity contribution in [3.8, 4) is 11.1 Å². The highest BCUT2D eigenvalue weighted by Crippen LogP contribution is 2.27. The third kappa shape index (κ3) is 2.55. The van der Waals surface area contributed by atoms with E-state index in [-0.39, 0.29) is 11.4 Å². The molecule has 6 nitrogen and oxygen atoms in total. The molecule has 98 valence electrons. The van der Waals surface area contributed by atoms with Crippen LogP contribution in [0.1, 0.15) is 20.0 Å². The molecule has 0 unspecified atom stereocenters. The number of hydrogen-bond donors (Lipinski definition) is 2. The zero-order valence-corrected chi connectivity index (χ0v) is 10.7. The Kier molecular flexibility index (Phi) is 3.48. The maximum Gasteiger partial charge on any atom is 0.348 e. The van der Waals surface area contributed by atoms with Crippen LogP contribution in [0.5, 0.6) is 0 Å². The van der Waals surface area contributed by atoms with E-state index in [0.29, 0.717) is 16.0 Å². The molecule has 0 saturated heterocycles. The van der Waals surface area contributed by atoms with Crippen LogP contribution in [0.4, 0.5) is 5.82 Å². The summed E-state index contributed by atoms with van der Waals surface area (Å²) in [5.41, 5.74) is 6.69. The molecule has 2 aromatic heterocycles. The van der Waals surface area contributed by atoms with E-state index in [1.165, 1.54) is 30.7 Å². The number of nitrogens with zero attached hydrogens (tertiary/aromatic N) is 1. The maximum atomic E-state index is 11.3. The molecule has 2 heterocycles. The van der Waals surface area contributed by atoms with Crippen LogP contribution in [0.2, 0.25) is 0 Å². The van der Waals surface area contributed by atoms with Crippen molar-refractivity contribution in [2.24, 2.45) is 0 Å². The van der Waals surface area contributed by atoms with Gasteiger partial charge in [-0.05, 0) is 23.1 Å². The van der Waals surface area contributed by atoms with Crippen molar-refractivity contribution in [1.82, 2.24) is 4.98 Å². The maximum absolute atomic E-state index is 11.3. The summed E-state index contributed by atoms with van der Waals surface area (Å²) < 4.78 is 4.61. The summed E-state index contributed by atoms with van der Waals surface area (Å²) in [6.07, 6.45) is 1.46. The SMILES string of the molecule is COC(=O)c1cc(-c2cnc(N)c(C(=O)O)c2)cs1. The fraction of sp³-hybridized carbons (Fsp3) is 0.0833. The first-order chi connectivity index (χ1) is 9.02. The zero-order chi connectivity index (χ0) is 14.0. The van der Waals surface area contributed by atoms with Gasteiger partial charge in [0.05, 0.1) is 7.11 Å². The van der Waals surface area contributed by atoms with Gasteiger partial charge in [-0.3, -0.25) is 0 Å². The van der Waals surface area contributed by atoms with Crippen LogP contribution < -0.4 is 5.73 Å².